The van der Waals surface area contributed by atoms with Crippen LogP contribution >= 0.6 is 0 Å². The summed E-state index contributed by atoms with van der Waals surface area (Å²) in [6.45, 7) is 1.50. The van der Waals surface area contributed by atoms with Gasteiger partial charge < -0.3 is 14.6 Å². The highest BCUT2D eigenvalue weighted by molar-refractivity contribution is 7.89. The number of carboxylic acid groups (broad SMARTS) is 1. The standard InChI is InChI=1S/C12H21NO6S/c14-12(15)9-19-10-1-5-13(6-2-10)20(16,17)11-3-7-18-8-4-11/h10-11H,1-9H2,(H,14,15). The summed E-state index contributed by atoms with van der Waals surface area (Å²) in [5, 5.41) is 8.21. The molecule has 0 aromatic carbocycles. The van der Waals surface area contributed by atoms with Gasteiger partial charge in [-0.1, -0.05) is 0 Å². The molecule has 2 fully saturated rings. The Hall–Kier alpha value is -0.700. The maximum Gasteiger partial charge on any atom is 0.329 e. The fourth-order valence-corrected chi connectivity index (χ4v) is 4.56. The van der Waals surface area contributed by atoms with Gasteiger partial charge in [0.2, 0.25) is 10.0 Å². The fourth-order valence-electron chi connectivity index (χ4n) is 2.63. The highest BCUT2D eigenvalue weighted by Gasteiger charge is 2.35. The van der Waals surface area contributed by atoms with Gasteiger partial charge in [-0.2, -0.15) is 0 Å². The summed E-state index contributed by atoms with van der Waals surface area (Å²) in [5.74, 6) is -0.998. The molecule has 0 aliphatic carbocycles. The van der Waals surface area contributed by atoms with Gasteiger partial charge in [-0.05, 0) is 25.7 Å². The van der Waals surface area contributed by atoms with Crippen LogP contribution in [0.5, 0.6) is 0 Å². The molecule has 2 aliphatic rings. The van der Waals surface area contributed by atoms with Crippen molar-refractivity contribution >= 4 is 16.0 Å². The van der Waals surface area contributed by atoms with Crippen LogP contribution < -0.4 is 0 Å². The molecular weight excluding hydrogens is 286 g/mol. The summed E-state index contributed by atoms with van der Waals surface area (Å²) in [6.07, 6.45) is 2.05. The quantitative estimate of drug-likeness (QED) is 0.772. The lowest BCUT2D eigenvalue weighted by molar-refractivity contribution is -0.145. The van der Waals surface area contributed by atoms with E-state index in [2.05, 4.69) is 0 Å². The lowest BCUT2D eigenvalue weighted by Crippen LogP contribution is -2.46. The van der Waals surface area contributed by atoms with E-state index in [-0.39, 0.29) is 18.0 Å². The third kappa shape index (κ3) is 3.91. The number of piperidine rings is 1. The Kier molecular flexibility index (Phi) is 5.36. The highest BCUT2D eigenvalue weighted by atomic mass is 32.2. The number of carbonyl (C=O) groups is 1. The molecule has 20 heavy (non-hydrogen) atoms. The molecular formula is C12H21NO6S. The molecule has 0 radical (unpaired) electrons. The average molecular weight is 307 g/mol. The van der Waals surface area contributed by atoms with Gasteiger partial charge in [0.1, 0.15) is 6.61 Å². The van der Waals surface area contributed by atoms with Gasteiger partial charge in [-0.3, -0.25) is 0 Å². The maximum atomic E-state index is 12.4. The molecule has 2 aliphatic heterocycles. The summed E-state index contributed by atoms with van der Waals surface area (Å²) >= 11 is 0. The van der Waals surface area contributed by atoms with Gasteiger partial charge >= 0.3 is 5.97 Å². The predicted molar refractivity (Wildman–Crippen MR) is 70.9 cm³/mol. The fraction of sp³-hybridized carbons (Fsp3) is 0.917. The summed E-state index contributed by atoms with van der Waals surface area (Å²) in [4.78, 5) is 10.4. The molecule has 7 nitrogen and oxygen atoms in total. The van der Waals surface area contributed by atoms with E-state index < -0.39 is 16.0 Å². The summed E-state index contributed by atoms with van der Waals surface area (Å²) < 4.78 is 36.8. The first kappa shape index (κ1) is 15.7. The number of nitrogens with zero attached hydrogens (tertiary/aromatic N) is 1. The van der Waals surface area contributed by atoms with E-state index >= 15 is 0 Å². The minimum atomic E-state index is -3.26. The Morgan fingerprint density at radius 2 is 1.80 bits per heavy atom. The van der Waals surface area contributed by atoms with Crippen LogP contribution in [0.2, 0.25) is 0 Å². The van der Waals surface area contributed by atoms with Crippen LogP contribution in [-0.4, -0.2) is 68.1 Å². The van der Waals surface area contributed by atoms with Gasteiger partial charge in [0.25, 0.3) is 0 Å². The lowest BCUT2D eigenvalue weighted by Gasteiger charge is -2.34. The molecule has 0 atom stereocenters. The van der Waals surface area contributed by atoms with Crippen molar-refractivity contribution in [1.82, 2.24) is 4.31 Å². The third-order valence-corrected chi connectivity index (χ3v) is 6.19. The van der Waals surface area contributed by atoms with Crippen molar-refractivity contribution in [3.05, 3.63) is 0 Å². The van der Waals surface area contributed by atoms with Crippen LogP contribution in [-0.2, 0) is 24.3 Å². The largest absolute Gasteiger partial charge is 0.480 e. The van der Waals surface area contributed by atoms with Crippen molar-refractivity contribution in [2.24, 2.45) is 0 Å². The molecule has 2 rings (SSSR count). The smallest absolute Gasteiger partial charge is 0.329 e. The molecule has 0 bridgehead atoms. The summed E-state index contributed by atoms with van der Waals surface area (Å²) in [5.41, 5.74) is 0. The van der Waals surface area contributed by atoms with Crippen molar-refractivity contribution in [2.75, 3.05) is 32.9 Å². The monoisotopic (exact) mass is 307 g/mol. The first-order chi connectivity index (χ1) is 9.50. The Balaban J connectivity index is 1.84. The van der Waals surface area contributed by atoms with E-state index in [1.807, 2.05) is 0 Å². The zero-order valence-corrected chi connectivity index (χ0v) is 12.2. The van der Waals surface area contributed by atoms with Crippen molar-refractivity contribution in [2.45, 2.75) is 37.0 Å². The zero-order valence-electron chi connectivity index (χ0n) is 11.4. The Morgan fingerprint density at radius 3 is 2.35 bits per heavy atom. The van der Waals surface area contributed by atoms with Gasteiger partial charge in [0, 0.05) is 26.3 Å². The average Bonchev–Trinajstić information content (AvgIpc) is 2.46. The molecule has 0 unspecified atom stereocenters. The molecule has 1 N–H and O–H groups in total. The van der Waals surface area contributed by atoms with Crippen molar-refractivity contribution in [3.63, 3.8) is 0 Å². The van der Waals surface area contributed by atoms with Crippen LogP contribution in [0.4, 0.5) is 0 Å². The number of sulfonamides is 1. The molecule has 2 saturated heterocycles. The normalized spacial score (nSPS) is 23.8. The molecule has 0 amide bonds. The number of hydrogen-bond donors (Lipinski definition) is 1. The molecule has 116 valence electrons. The highest BCUT2D eigenvalue weighted by Crippen LogP contribution is 2.24. The Labute approximate surface area is 118 Å². The lowest BCUT2D eigenvalue weighted by atomic mass is 10.1. The number of hydrogen-bond acceptors (Lipinski definition) is 5. The SMILES string of the molecule is O=C(O)COC1CCN(S(=O)(=O)C2CCOCC2)CC1. The number of rotatable bonds is 5. The van der Waals surface area contributed by atoms with Crippen LogP contribution in [0, 0.1) is 0 Å². The van der Waals surface area contributed by atoms with E-state index in [0.717, 1.165) is 0 Å². The molecule has 8 heteroatoms. The molecule has 0 spiro atoms. The van der Waals surface area contributed by atoms with Crippen LogP contribution in [0.3, 0.4) is 0 Å². The van der Waals surface area contributed by atoms with Crippen molar-refractivity contribution in [3.8, 4) is 0 Å². The molecule has 2 heterocycles. The second-order valence-electron chi connectivity index (χ2n) is 5.16. The number of ether oxygens (including phenoxy) is 2. The van der Waals surface area contributed by atoms with Crippen LogP contribution in [0.25, 0.3) is 0 Å². The van der Waals surface area contributed by atoms with Crippen LogP contribution in [0.15, 0.2) is 0 Å². The summed E-state index contributed by atoms with van der Waals surface area (Å²) in [7, 11) is -3.26. The zero-order chi connectivity index (χ0) is 14.6. The van der Waals surface area contributed by atoms with E-state index in [0.29, 0.717) is 52.0 Å². The minimum absolute atomic E-state index is 0.160. The van der Waals surface area contributed by atoms with E-state index in [1.54, 1.807) is 0 Å². The number of carboxylic acids is 1. The number of aliphatic carboxylic acids is 1. The minimum Gasteiger partial charge on any atom is -0.480 e. The van der Waals surface area contributed by atoms with E-state index in [9.17, 15) is 13.2 Å². The topological polar surface area (TPSA) is 93.1 Å². The van der Waals surface area contributed by atoms with Gasteiger partial charge in [0.05, 0.1) is 11.4 Å². The summed E-state index contributed by atoms with van der Waals surface area (Å²) in [6, 6.07) is 0. The third-order valence-electron chi connectivity index (χ3n) is 3.79. The van der Waals surface area contributed by atoms with E-state index in [1.165, 1.54) is 4.31 Å². The van der Waals surface area contributed by atoms with E-state index in [4.69, 9.17) is 14.6 Å². The van der Waals surface area contributed by atoms with Gasteiger partial charge in [0.15, 0.2) is 0 Å². The Bertz CT molecular complexity index is 423. The first-order valence-corrected chi connectivity index (χ1v) is 8.40. The molecule has 0 aromatic heterocycles. The first-order valence-electron chi connectivity index (χ1n) is 6.90. The Morgan fingerprint density at radius 1 is 1.20 bits per heavy atom. The van der Waals surface area contributed by atoms with Crippen LogP contribution in [0.1, 0.15) is 25.7 Å². The maximum absolute atomic E-state index is 12.4. The van der Waals surface area contributed by atoms with Gasteiger partial charge in [-0.15, -0.1) is 0 Å². The van der Waals surface area contributed by atoms with Gasteiger partial charge in [-0.25, -0.2) is 17.5 Å². The van der Waals surface area contributed by atoms with Crippen molar-refractivity contribution < 1.29 is 27.8 Å². The molecule has 0 saturated carbocycles. The second-order valence-corrected chi connectivity index (χ2v) is 7.37. The molecule has 0 aromatic rings. The van der Waals surface area contributed by atoms with Crippen molar-refractivity contribution in [1.29, 1.82) is 0 Å². The predicted octanol–water partition coefficient (Wildman–Crippen LogP) is 0.0608. The second kappa shape index (κ2) is 6.84.